The highest BCUT2D eigenvalue weighted by Crippen LogP contribution is 2.33. The van der Waals surface area contributed by atoms with Gasteiger partial charge in [0.15, 0.2) is 0 Å². The largest absolute Gasteiger partial charge is 0.355 e. The molecule has 2 N–H and O–H groups in total. The van der Waals surface area contributed by atoms with Crippen LogP contribution in [0, 0.1) is 5.41 Å². The molecule has 1 heterocycles. The van der Waals surface area contributed by atoms with Gasteiger partial charge in [-0.05, 0) is 31.4 Å². The smallest absolute Gasteiger partial charge is 0.236 e. The quantitative estimate of drug-likeness (QED) is 0.790. The van der Waals surface area contributed by atoms with Crippen LogP contribution in [0.5, 0.6) is 0 Å². The minimum atomic E-state index is -0.0838. The molecule has 0 spiro atoms. The van der Waals surface area contributed by atoms with E-state index in [-0.39, 0.29) is 11.9 Å². The number of carbonyl (C=O) groups is 1. The average molecular weight is 244 g/mol. The van der Waals surface area contributed by atoms with Crippen molar-refractivity contribution in [3.8, 4) is 0 Å². The van der Waals surface area contributed by atoms with Crippen LogP contribution in [0.2, 0.25) is 0 Å². The van der Waals surface area contributed by atoms with Crippen LogP contribution in [0.1, 0.15) is 34.1 Å². The molecule has 1 amide bonds. The van der Waals surface area contributed by atoms with Crippen molar-refractivity contribution in [2.24, 2.45) is 5.41 Å². The summed E-state index contributed by atoms with van der Waals surface area (Å²) in [5.74, 6) is 2.45. The summed E-state index contributed by atoms with van der Waals surface area (Å²) in [5.41, 5.74) is 0.390. The number of hydrogen-bond acceptors (Lipinski definition) is 3. The van der Waals surface area contributed by atoms with Crippen molar-refractivity contribution in [3.63, 3.8) is 0 Å². The number of carbonyl (C=O) groups excluding carboxylic acids is 1. The van der Waals surface area contributed by atoms with E-state index in [2.05, 4.69) is 24.5 Å². The molecule has 16 heavy (non-hydrogen) atoms. The van der Waals surface area contributed by atoms with Gasteiger partial charge in [0.1, 0.15) is 0 Å². The van der Waals surface area contributed by atoms with Gasteiger partial charge in [0.25, 0.3) is 0 Å². The molecule has 0 saturated carbocycles. The summed E-state index contributed by atoms with van der Waals surface area (Å²) >= 11 is 1.98. The van der Waals surface area contributed by atoms with Crippen molar-refractivity contribution in [2.45, 2.75) is 46.2 Å². The second-order valence-electron chi connectivity index (χ2n) is 5.36. The molecule has 1 rings (SSSR count). The minimum Gasteiger partial charge on any atom is -0.355 e. The minimum absolute atomic E-state index is 0.0838. The molecule has 0 aliphatic carbocycles. The zero-order valence-corrected chi connectivity index (χ0v) is 11.6. The van der Waals surface area contributed by atoms with Crippen LogP contribution in [-0.4, -0.2) is 36.0 Å². The molecule has 0 bridgehead atoms. The predicted octanol–water partition coefficient (Wildman–Crippen LogP) is 1.63. The average Bonchev–Trinajstić information content (AvgIpc) is 2.16. The Kier molecular flexibility index (Phi) is 5.12. The lowest BCUT2D eigenvalue weighted by atomic mass is 9.87. The molecule has 1 fully saturated rings. The Morgan fingerprint density at radius 1 is 1.56 bits per heavy atom. The van der Waals surface area contributed by atoms with Crippen LogP contribution in [0.15, 0.2) is 0 Å². The fourth-order valence-electron chi connectivity index (χ4n) is 2.13. The van der Waals surface area contributed by atoms with Crippen molar-refractivity contribution in [2.75, 3.05) is 18.1 Å². The number of amides is 1. The van der Waals surface area contributed by atoms with E-state index < -0.39 is 0 Å². The van der Waals surface area contributed by atoms with E-state index in [1.165, 1.54) is 5.75 Å². The van der Waals surface area contributed by atoms with Gasteiger partial charge >= 0.3 is 0 Å². The van der Waals surface area contributed by atoms with Crippen LogP contribution in [0.25, 0.3) is 0 Å². The molecule has 1 aliphatic rings. The molecule has 1 saturated heterocycles. The topological polar surface area (TPSA) is 41.1 Å². The summed E-state index contributed by atoms with van der Waals surface area (Å²) < 4.78 is 0. The molecule has 0 aromatic heterocycles. The Labute approximate surface area is 103 Å². The maximum atomic E-state index is 11.6. The Morgan fingerprint density at radius 2 is 2.25 bits per heavy atom. The van der Waals surface area contributed by atoms with Crippen LogP contribution in [0.4, 0.5) is 0 Å². The molecule has 2 unspecified atom stereocenters. The van der Waals surface area contributed by atoms with Gasteiger partial charge in [-0.25, -0.2) is 0 Å². The lowest BCUT2D eigenvalue weighted by Gasteiger charge is -2.36. The molecule has 3 nitrogen and oxygen atoms in total. The highest BCUT2D eigenvalue weighted by molar-refractivity contribution is 7.99. The second kappa shape index (κ2) is 5.92. The van der Waals surface area contributed by atoms with Gasteiger partial charge in [-0.2, -0.15) is 11.8 Å². The highest BCUT2D eigenvalue weighted by atomic mass is 32.2. The number of rotatable bonds is 4. The highest BCUT2D eigenvalue weighted by Gasteiger charge is 2.29. The van der Waals surface area contributed by atoms with Gasteiger partial charge in [0.2, 0.25) is 5.91 Å². The maximum absolute atomic E-state index is 11.6. The molecular weight excluding hydrogens is 220 g/mol. The van der Waals surface area contributed by atoms with Crippen LogP contribution >= 0.6 is 11.8 Å². The SMILES string of the molecule is CCNC(=O)C(C)NC1CSCC(C)(C)C1. The number of nitrogens with one attached hydrogen (secondary N) is 2. The molecule has 0 aromatic rings. The van der Waals surface area contributed by atoms with Gasteiger partial charge in [-0.3, -0.25) is 4.79 Å². The van der Waals surface area contributed by atoms with Crippen molar-refractivity contribution >= 4 is 17.7 Å². The third-order valence-corrected chi connectivity index (χ3v) is 4.46. The van der Waals surface area contributed by atoms with Crippen LogP contribution in [-0.2, 0) is 4.79 Å². The summed E-state index contributed by atoms with van der Waals surface area (Å²) in [7, 11) is 0. The van der Waals surface area contributed by atoms with E-state index in [1.807, 2.05) is 25.6 Å². The monoisotopic (exact) mass is 244 g/mol. The Hall–Kier alpha value is -0.220. The third kappa shape index (κ3) is 4.34. The van der Waals surface area contributed by atoms with E-state index in [9.17, 15) is 4.79 Å². The van der Waals surface area contributed by atoms with Crippen LogP contribution < -0.4 is 10.6 Å². The Balaban J connectivity index is 2.39. The number of hydrogen-bond donors (Lipinski definition) is 2. The summed E-state index contributed by atoms with van der Waals surface area (Å²) in [6.45, 7) is 9.19. The fourth-order valence-corrected chi connectivity index (χ4v) is 3.41. The summed E-state index contributed by atoms with van der Waals surface area (Å²) in [6, 6.07) is 0.380. The molecule has 2 atom stereocenters. The molecular formula is C12H24N2OS. The summed E-state index contributed by atoms with van der Waals surface area (Å²) in [5, 5.41) is 6.27. The van der Waals surface area contributed by atoms with Crippen molar-refractivity contribution in [1.82, 2.24) is 10.6 Å². The Morgan fingerprint density at radius 3 is 2.81 bits per heavy atom. The zero-order valence-electron chi connectivity index (χ0n) is 10.8. The van der Waals surface area contributed by atoms with Crippen LogP contribution in [0.3, 0.4) is 0 Å². The molecule has 1 aliphatic heterocycles. The van der Waals surface area contributed by atoms with E-state index in [0.29, 0.717) is 18.0 Å². The van der Waals surface area contributed by atoms with Gasteiger partial charge in [-0.15, -0.1) is 0 Å². The fraction of sp³-hybridized carbons (Fsp3) is 0.917. The predicted molar refractivity (Wildman–Crippen MR) is 70.8 cm³/mol. The zero-order chi connectivity index (χ0) is 12.2. The summed E-state index contributed by atoms with van der Waals surface area (Å²) in [4.78, 5) is 11.6. The molecule has 4 heteroatoms. The molecule has 94 valence electrons. The third-order valence-electron chi connectivity index (χ3n) is 2.84. The van der Waals surface area contributed by atoms with Crippen molar-refractivity contribution in [1.29, 1.82) is 0 Å². The second-order valence-corrected chi connectivity index (χ2v) is 6.39. The first-order valence-corrected chi connectivity index (χ1v) is 7.21. The van der Waals surface area contributed by atoms with Gasteiger partial charge in [0.05, 0.1) is 6.04 Å². The van der Waals surface area contributed by atoms with E-state index in [4.69, 9.17) is 0 Å². The lowest BCUT2D eigenvalue weighted by Crippen LogP contribution is -2.50. The maximum Gasteiger partial charge on any atom is 0.236 e. The van der Waals surface area contributed by atoms with E-state index in [1.54, 1.807) is 0 Å². The summed E-state index contributed by atoms with van der Waals surface area (Å²) in [6.07, 6.45) is 1.16. The molecule has 0 radical (unpaired) electrons. The lowest BCUT2D eigenvalue weighted by molar-refractivity contribution is -0.122. The van der Waals surface area contributed by atoms with Gasteiger partial charge in [-0.1, -0.05) is 13.8 Å². The first kappa shape index (κ1) is 13.8. The van der Waals surface area contributed by atoms with Gasteiger partial charge < -0.3 is 10.6 Å². The first-order valence-electron chi connectivity index (χ1n) is 6.06. The van der Waals surface area contributed by atoms with E-state index in [0.717, 1.165) is 12.2 Å². The number of likely N-dealkylation sites (N-methyl/N-ethyl adjacent to an activating group) is 1. The van der Waals surface area contributed by atoms with Gasteiger partial charge in [0, 0.05) is 18.3 Å². The standard InChI is InChI=1S/C12H24N2OS/c1-5-13-11(15)9(2)14-10-6-12(3,4)8-16-7-10/h9-10,14H,5-8H2,1-4H3,(H,13,15). The van der Waals surface area contributed by atoms with Crippen molar-refractivity contribution in [3.05, 3.63) is 0 Å². The number of thioether (sulfide) groups is 1. The van der Waals surface area contributed by atoms with Crippen molar-refractivity contribution < 1.29 is 4.79 Å². The normalized spacial score (nSPS) is 26.1. The first-order chi connectivity index (χ1) is 7.44. The molecule has 0 aromatic carbocycles. The van der Waals surface area contributed by atoms with E-state index >= 15 is 0 Å². The Bertz CT molecular complexity index is 243.